The Bertz CT molecular complexity index is 536. The average molecular weight is 599 g/mol. The summed E-state index contributed by atoms with van der Waals surface area (Å²) in [5.74, 6) is -0.754. The molecule has 0 heterocycles. The van der Waals surface area contributed by atoms with Gasteiger partial charge in [0.2, 0.25) is 0 Å². The van der Waals surface area contributed by atoms with Gasteiger partial charge in [-0.1, -0.05) is 77.0 Å². The Balaban J connectivity index is 0. The molecule has 0 aliphatic heterocycles. The van der Waals surface area contributed by atoms with Gasteiger partial charge >= 0.3 is 11.9 Å². The lowest BCUT2D eigenvalue weighted by atomic mass is 10.1. The van der Waals surface area contributed by atoms with Crippen LogP contribution in [0.4, 0.5) is 0 Å². The van der Waals surface area contributed by atoms with E-state index in [0.717, 1.165) is 103 Å². The highest BCUT2D eigenvalue weighted by molar-refractivity contribution is 5.75. The van der Waals surface area contributed by atoms with E-state index < -0.39 is 11.9 Å². The molecule has 0 atom stereocenters. The molecule has 8 nitrogen and oxygen atoms in total. The third-order valence-corrected chi connectivity index (χ3v) is 7.25. The summed E-state index contributed by atoms with van der Waals surface area (Å²) < 4.78 is 0. The summed E-state index contributed by atoms with van der Waals surface area (Å²) in [6.07, 6.45) is 24.7. The van der Waals surface area contributed by atoms with E-state index in [1.54, 1.807) is 13.8 Å². The van der Waals surface area contributed by atoms with E-state index in [0.29, 0.717) is 24.4 Å². The quantitative estimate of drug-likeness (QED) is 0.0575. The maximum Gasteiger partial charge on any atom is 0.303 e. The van der Waals surface area contributed by atoms with Crippen LogP contribution in [0.5, 0.6) is 0 Å². The van der Waals surface area contributed by atoms with Gasteiger partial charge in [-0.25, -0.2) is 0 Å². The van der Waals surface area contributed by atoms with Gasteiger partial charge in [0.15, 0.2) is 0 Å². The fourth-order valence-corrected chi connectivity index (χ4v) is 4.67. The van der Waals surface area contributed by atoms with Crippen molar-refractivity contribution in [1.82, 2.24) is 10.6 Å². The molecule has 0 saturated carbocycles. The molecule has 0 aromatic heterocycles. The zero-order valence-corrected chi connectivity index (χ0v) is 27.3. The summed E-state index contributed by atoms with van der Waals surface area (Å²) in [6.45, 7) is 7.67. The normalized spacial score (nSPS) is 10.7. The first-order chi connectivity index (χ1) is 20.3. The number of carboxylic acid groups (broad SMARTS) is 2. The molecule has 248 valence electrons. The number of ketones is 2. The van der Waals surface area contributed by atoms with Crippen molar-refractivity contribution in [2.45, 2.75) is 168 Å². The van der Waals surface area contributed by atoms with Gasteiger partial charge in [-0.3, -0.25) is 9.59 Å². The minimum Gasteiger partial charge on any atom is -0.481 e. The molecule has 8 heteroatoms. The summed E-state index contributed by atoms with van der Waals surface area (Å²) in [5.41, 5.74) is 0. The topological polar surface area (TPSA) is 133 Å². The van der Waals surface area contributed by atoms with Crippen molar-refractivity contribution in [2.75, 3.05) is 26.2 Å². The van der Waals surface area contributed by atoms with Gasteiger partial charge in [-0.15, -0.1) is 0 Å². The van der Waals surface area contributed by atoms with E-state index in [1.165, 1.54) is 64.2 Å². The summed E-state index contributed by atoms with van der Waals surface area (Å²) in [6, 6.07) is 0. The van der Waals surface area contributed by atoms with Crippen LogP contribution in [0.15, 0.2) is 0 Å². The van der Waals surface area contributed by atoms with E-state index in [1.807, 2.05) is 0 Å². The van der Waals surface area contributed by atoms with Crippen LogP contribution in [0, 0.1) is 0 Å². The molecular weight excluding hydrogens is 532 g/mol. The molecule has 0 saturated heterocycles. The lowest BCUT2D eigenvalue weighted by Gasteiger charge is -2.05. The molecule has 0 fully saturated rings. The standard InChI is InChI=1S/C18H35NO2.C16H31NO4/c1-17(20)13-9-5-3-7-11-15-19-16-12-8-4-6-10-14-18(2)21;18-15(19)11-7-3-1-5-9-13-17-14-10-6-2-4-8-12-16(20)21/h19H,3-16H2,1-2H3;17H,1-14H2,(H,18,19)(H,20,21). The third-order valence-electron chi connectivity index (χ3n) is 7.25. The molecule has 0 bridgehead atoms. The van der Waals surface area contributed by atoms with Crippen LogP contribution in [-0.2, 0) is 19.2 Å². The zero-order chi connectivity index (χ0) is 31.5. The van der Waals surface area contributed by atoms with Gasteiger partial charge in [0.05, 0.1) is 0 Å². The molecule has 0 aliphatic carbocycles. The van der Waals surface area contributed by atoms with E-state index in [9.17, 15) is 19.2 Å². The number of nitrogens with one attached hydrogen (secondary N) is 2. The van der Waals surface area contributed by atoms with E-state index in [2.05, 4.69) is 10.6 Å². The highest BCUT2D eigenvalue weighted by Gasteiger charge is 1.99. The van der Waals surface area contributed by atoms with Crippen LogP contribution in [0.2, 0.25) is 0 Å². The van der Waals surface area contributed by atoms with Crippen molar-refractivity contribution in [3.05, 3.63) is 0 Å². The Morgan fingerprint density at radius 3 is 0.810 bits per heavy atom. The predicted octanol–water partition coefficient (Wildman–Crippen LogP) is 7.86. The molecule has 0 aromatic carbocycles. The Hall–Kier alpha value is -1.80. The highest BCUT2D eigenvalue weighted by Crippen LogP contribution is 2.08. The summed E-state index contributed by atoms with van der Waals surface area (Å²) >= 11 is 0. The van der Waals surface area contributed by atoms with Crippen molar-refractivity contribution >= 4 is 23.5 Å². The predicted molar refractivity (Wildman–Crippen MR) is 173 cm³/mol. The molecule has 0 spiro atoms. The van der Waals surface area contributed by atoms with Crippen LogP contribution in [0.25, 0.3) is 0 Å². The largest absolute Gasteiger partial charge is 0.481 e. The van der Waals surface area contributed by atoms with Crippen LogP contribution >= 0.6 is 0 Å². The van der Waals surface area contributed by atoms with Crippen molar-refractivity contribution in [3.8, 4) is 0 Å². The van der Waals surface area contributed by atoms with Crippen LogP contribution in [0.3, 0.4) is 0 Å². The minimum atomic E-state index is -0.695. The van der Waals surface area contributed by atoms with E-state index in [-0.39, 0.29) is 0 Å². The summed E-state index contributed by atoms with van der Waals surface area (Å²) in [4.78, 5) is 42.2. The molecule has 0 aromatic rings. The molecule has 0 unspecified atom stereocenters. The van der Waals surface area contributed by atoms with Crippen LogP contribution in [0.1, 0.15) is 168 Å². The second-order valence-electron chi connectivity index (χ2n) is 11.8. The van der Waals surface area contributed by atoms with Gasteiger partial charge in [-0.05, 0) is 91.4 Å². The third kappa shape index (κ3) is 45.2. The molecule has 0 rings (SSSR count). The molecule has 0 radical (unpaired) electrons. The Kier molecular flexibility index (Phi) is 35.7. The van der Waals surface area contributed by atoms with Crippen LogP contribution < -0.4 is 10.6 Å². The first-order valence-corrected chi connectivity index (χ1v) is 17.1. The molecular formula is C34H66N2O6. The summed E-state index contributed by atoms with van der Waals surface area (Å²) in [5, 5.41) is 23.9. The van der Waals surface area contributed by atoms with Crippen molar-refractivity contribution in [2.24, 2.45) is 0 Å². The number of rotatable bonds is 32. The number of carbonyl (C=O) groups is 4. The molecule has 42 heavy (non-hydrogen) atoms. The van der Waals surface area contributed by atoms with E-state index in [4.69, 9.17) is 10.2 Å². The monoisotopic (exact) mass is 598 g/mol. The maximum atomic E-state index is 10.8. The number of carbonyl (C=O) groups excluding carboxylic acids is 2. The van der Waals surface area contributed by atoms with Crippen LogP contribution in [-0.4, -0.2) is 59.9 Å². The molecule has 0 amide bonds. The van der Waals surface area contributed by atoms with Gasteiger partial charge in [0, 0.05) is 25.7 Å². The lowest BCUT2D eigenvalue weighted by molar-refractivity contribution is -0.138. The van der Waals surface area contributed by atoms with E-state index >= 15 is 0 Å². The number of aliphatic carboxylic acids is 2. The highest BCUT2D eigenvalue weighted by atomic mass is 16.4. The Labute approximate surface area is 257 Å². The second-order valence-corrected chi connectivity index (χ2v) is 11.8. The zero-order valence-electron chi connectivity index (χ0n) is 27.3. The van der Waals surface area contributed by atoms with Gasteiger partial charge in [0.25, 0.3) is 0 Å². The fourth-order valence-electron chi connectivity index (χ4n) is 4.67. The fraction of sp³-hybridized carbons (Fsp3) is 0.882. The minimum absolute atomic E-state index is 0.296. The smallest absolute Gasteiger partial charge is 0.303 e. The SMILES string of the molecule is CC(=O)CCCCCCCNCCCCCCCC(C)=O.O=C(O)CCCCCCCNCCCCCCCC(=O)O. The molecule has 0 aliphatic rings. The number of hydrogen-bond acceptors (Lipinski definition) is 6. The lowest BCUT2D eigenvalue weighted by Crippen LogP contribution is -2.16. The first kappa shape index (κ1) is 42.3. The van der Waals surface area contributed by atoms with Crippen molar-refractivity contribution in [1.29, 1.82) is 0 Å². The first-order valence-electron chi connectivity index (χ1n) is 17.1. The number of carboxylic acids is 2. The average Bonchev–Trinajstić information content (AvgIpc) is 2.92. The van der Waals surface area contributed by atoms with Gasteiger partial charge in [-0.2, -0.15) is 0 Å². The van der Waals surface area contributed by atoms with Gasteiger partial charge in [0.1, 0.15) is 11.6 Å². The van der Waals surface area contributed by atoms with Crippen molar-refractivity contribution < 1.29 is 29.4 Å². The van der Waals surface area contributed by atoms with Gasteiger partial charge < -0.3 is 30.4 Å². The summed E-state index contributed by atoms with van der Waals surface area (Å²) in [7, 11) is 0. The maximum absolute atomic E-state index is 10.8. The number of unbranched alkanes of at least 4 members (excludes halogenated alkanes) is 16. The van der Waals surface area contributed by atoms with Crippen molar-refractivity contribution in [3.63, 3.8) is 0 Å². The Morgan fingerprint density at radius 2 is 0.571 bits per heavy atom. The molecule has 4 N–H and O–H groups in total. The second kappa shape index (κ2) is 35.4. The Morgan fingerprint density at radius 1 is 0.357 bits per heavy atom. The number of Topliss-reactive ketones (excluding diaryl/α,β-unsaturated/α-hetero) is 2. The number of hydrogen-bond donors (Lipinski definition) is 4.